The van der Waals surface area contributed by atoms with Gasteiger partial charge >= 0.3 is 0 Å². The molecule has 5 heteroatoms. The van der Waals surface area contributed by atoms with E-state index in [1.54, 1.807) is 31.2 Å². The van der Waals surface area contributed by atoms with Gasteiger partial charge in [0.05, 0.1) is 10.9 Å². The molecule has 1 N–H and O–H groups in total. The second-order valence-electron chi connectivity index (χ2n) is 4.28. The molecular weight excluding hydrogens is 284 g/mol. The van der Waals surface area contributed by atoms with Gasteiger partial charge in [-0.1, -0.05) is 18.2 Å². The summed E-state index contributed by atoms with van der Waals surface area (Å²) in [4.78, 5) is 12.0. The Morgan fingerprint density at radius 1 is 1.20 bits per heavy atom. The predicted octanol–water partition coefficient (Wildman–Crippen LogP) is 4.52. The third-order valence-electron chi connectivity index (χ3n) is 2.81. The van der Waals surface area contributed by atoms with E-state index in [4.69, 9.17) is 11.6 Å². The Bertz CT molecular complexity index is 644. The molecule has 0 heterocycles. The highest BCUT2D eigenvalue weighted by atomic mass is 35.5. The summed E-state index contributed by atoms with van der Waals surface area (Å²) in [5.41, 5.74) is 1.01. The maximum atomic E-state index is 13.5. The van der Waals surface area contributed by atoms with E-state index in [1.807, 2.05) is 0 Å². The number of amides is 1. The van der Waals surface area contributed by atoms with Crippen molar-refractivity contribution >= 4 is 23.2 Å². The summed E-state index contributed by atoms with van der Waals surface area (Å²) in [6.07, 6.45) is 0. The van der Waals surface area contributed by atoms with E-state index >= 15 is 0 Å². The van der Waals surface area contributed by atoms with Crippen LogP contribution in [-0.4, -0.2) is 5.91 Å². The highest BCUT2D eigenvalue weighted by Gasteiger charge is 2.15. The van der Waals surface area contributed by atoms with Crippen molar-refractivity contribution in [1.82, 2.24) is 0 Å². The van der Waals surface area contributed by atoms with E-state index in [9.17, 15) is 13.6 Å². The number of nitrogens with one attached hydrogen (secondary N) is 1. The molecule has 0 fully saturated rings. The smallest absolute Gasteiger partial charge is 0.258 e. The van der Waals surface area contributed by atoms with E-state index in [0.29, 0.717) is 11.8 Å². The molecule has 0 aliphatic rings. The number of anilines is 1. The fourth-order valence-electron chi connectivity index (χ4n) is 1.82. The highest BCUT2D eigenvalue weighted by molar-refractivity contribution is 6.21. The minimum absolute atomic E-state index is 0.219. The summed E-state index contributed by atoms with van der Waals surface area (Å²) in [6, 6.07) is 9.79. The Morgan fingerprint density at radius 3 is 2.55 bits per heavy atom. The molecule has 1 unspecified atom stereocenters. The maximum absolute atomic E-state index is 13.5. The molecule has 0 aliphatic carbocycles. The van der Waals surface area contributed by atoms with Crippen molar-refractivity contribution in [3.05, 3.63) is 65.2 Å². The van der Waals surface area contributed by atoms with Crippen LogP contribution >= 0.6 is 11.6 Å². The number of rotatable bonds is 3. The summed E-state index contributed by atoms with van der Waals surface area (Å²) in [5, 5.41) is 2.28. The molecule has 0 aliphatic heterocycles. The summed E-state index contributed by atoms with van der Waals surface area (Å²) in [5.74, 6) is -2.28. The van der Waals surface area contributed by atoms with Crippen LogP contribution < -0.4 is 5.32 Å². The van der Waals surface area contributed by atoms with Gasteiger partial charge in [-0.2, -0.15) is 0 Å². The number of alkyl halides is 1. The number of carbonyl (C=O) groups is 1. The van der Waals surface area contributed by atoms with Crippen molar-refractivity contribution in [3.8, 4) is 0 Å². The van der Waals surface area contributed by atoms with Crippen molar-refractivity contribution < 1.29 is 13.6 Å². The Balaban J connectivity index is 2.28. The Morgan fingerprint density at radius 2 is 1.90 bits per heavy atom. The first kappa shape index (κ1) is 14.5. The zero-order valence-electron chi connectivity index (χ0n) is 10.7. The van der Waals surface area contributed by atoms with Crippen LogP contribution in [0.15, 0.2) is 42.5 Å². The van der Waals surface area contributed by atoms with Crippen LogP contribution in [0, 0.1) is 11.6 Å². The van der Waals surface area contributed by atoms with Crippen LogP contribution in [0.3, 0.4) is 0 Å². The summed E-state index contributed by atoms with van der Waals surface area (Å²) in [7, 11) is 0. The SMILES string of the molecule is CC(Cl)c1ccccc1NC(=O)c1ccc(F)cc1F. The number of para-hydroxylation sites is 1. The highest BCUT2D eigenvalue weighted by Crippen LogP contribution is 2.27. The summed E-state index contributed by atoms with van der Waals surface area (Å²) < 4.78 is 26.4. The summed E-state index contributed by atoms with van der Waals surface area (Å²) >= 11 is 6.01. The number of halogens is 3. The second kappa shape index (κ2) is 6.01. The van der Waals surface area contributed by atoms with Crippen molar-refractivity contribution in [3.63, 3.8) is 0 Å². The number of benzene rings is 2. The first-order valence-electron chi connectivity index (χ1n) is 5.98. The van der Waals surface area contributed by atoms with E-state index in [2.05, 4.69) is 5.32 Å². The molecule has 0 bridgehead atoms. The van der Waals surface area contributed by atoms with Crippen molar-refractivity contribution in [2.75, 3.05) is 5.32 Å². The van der Waals surface area contributed by atoms with Crippen molar-refractivity contribution in [2.45, 2.75) is 12.3 Å². The minimum Gasteiger partial charge on any atom is -0.322 e. The van der Waals surface area contributed by atoms with Gasteiger partial charge in [-0.25, -0.2) is 8.78 Å². The Labute approximate surface area is 120 Å². The number of hydrogen-bond acceptors (Lipinski definition) is 1. The van der Waals surface area contributed by atoms with Gasteiger partial charge in [0.1, 0.15) is 11.6 Å². The van der Waals surface area contributed by atoms with Crippen LogP contribution in [-0.2, 0) is 0 Å². The molecule has 20 heavy (non-hydrogen) atoms. The lowest BCUT2D eigenvalue weighted by atomic mass is 10.1. The standard InChI is InChI=1S/C15H12ClF2NO/c1-9(16)11-4-2-3-5-14(11)19-15(20)12-7-6-10(17)8-13(12)18/h2-9H,1H3,(H,19,20). The van der Waals surface area contributed by atoms with E-state index < -0.39 is 17.5 Å². The van der Waals surface area contributed by atoms with Gasteiger partial charge < -0.3 is 5.32 Å². The van der Waals surface area contributed by atoms with Crippen molar-refractivity contribution in [2.24, 2.45) is 0 Å². The monoisotopic (exact) mass is 295 g/mol. The largest absolute Gasteiger partial charge is 0.322 e. The maximum Gasteiger partial charge on any atom is 0.258 e. The lowest BCUT2D eigenvalue weighted by Gasteiger charge is -2.12. The molecule has 0 spiro atoms. The first-order chi connectivity index (χ1) is 9.49. The van der Waals surface area contributed by atoms with Crippen LogP contribution in [0.1, 0.15) is 28.2 Å². The van der Waals surface area contributed by atoms with Gasteiger partial charge in [0.25, 0.3) is 5.91 Å². The Hall–Kier alpha value is -1.94. The first-order valence-corrected chi connectivity index (χ1v) is 6.42. The van der Waals surface area contributed by atoms with Gasteiger partial charge in [0, 0.05) is 11.8 Å². The average molecular weight is 296 g/mol. The topological polar surface area (TPSA) is 29.1 Å². The van der Waals surface area contributed by atoms with Crippen LogP contribution in [0.4, 0.5) is 14.5 Å². The summed E-state index contributed by atoms with van der Waals surface area (Å²) in [6.45, 7) is 1.77. The molecular formula is C15H12ClF2NO. The third kappa shape index (κ3) is 3.14. The normalized spacial score (nSPS) is 12.0. The zero-order chi connectivity index (χ0) is 14.7. The quantitative estimate of drug-likeness (QED) is 0.829. The van der Waals surface area contributed by atoms with E-state index in [1.165, 1.54) is 0 Å². The minimum atomic E-state index is -0.904. The molecule has 0 radical (unpaired) electrons. The lowest BCUT2D eigenvalue weighted by Crippen LogP contribution is -2.15. The lowest BCUT2D eigenvalue weighted by molar-refractivity contribution is 0.102. The fraction of sp³-hybridized carbons (Fsp3) is 0.133. The predicted molar refractivity (Wildman–Crippen MR) is 75.0 cm³/mol. The molecule has 2 aromatic rings. The average Bonchev–Trinajstić information content (AvgIpc) is 2.38. The van der Waals surface area contributed by atoms with Gasteiger partial charge in [-0.3, -0.25) is 4.79 Å². The van der Waals surface area contributed by atoms with Gasteiger partial charge in [-0.15, -0.1) is 11.6 Å². The van der Waals surface area contributed by atoms with E-state index in [0.717, 1.165) is 17.7 Å². The number of hydrogen-bond donors (Lipinski definition) is 1. The van der Waals surface area contributed by atoms with Crippen LogP contribution in [0.25, 0.3) is 0 Å². The molecule has 2 rings (SSSR count). The van der Waals surface area contributed by atoms with Crippen molar-refractivity contribution in [1.29, 1.82) is 0 Å². The molecule has 0 saturated heterocycles. The molecule has 2 nitrogen and oxygen atoms in total. The third-order valence-corrected chi connectivity index (χ3v) is 3.05. The zero-order valence-corrected chi connectivity index (χ0v) is 11.4. The fourth-order valence-corrected chi connectivity index (χ4v) is 2.01. The van der Waals surface area contributed by atoms with E-state index in [-0.39, 0.29) is 10.9 Å². The van der Waals surface area contributed by atoms with Crippen LogP contribution in [0.2, 0.25) is 0 Å². The van der Waals surface area contributed by atoms with Gasteiger partial charge in [0.2, 0.25) is 0 Å². The molecule has 0 saturated carbocycles. The van der Waals surface area contributed by atoms with Gasteiger partial charge in [0.15, 0.2) is 0 Å². The van der Waals surface area contributed by atoms with Crippen LogP contribution in [0.5, 0.6) is 0 Å². The van der Waals surface area contributed by atoms with Gasteiger partial charge in [-0.05, 0) is 30.7 Å². The molecule has 2 aromatic carbocycles. The Kier molecular flexibility index (Phi) is 4.35. The second-order valence-corrected chi connectivity index (χ2v) is 4.94. The molecule has 1 atom stereocenters. The molecule has 1 amide bonds. The molecule has 104 valence electrons. The number of carbonyl (C=O) groups excluding carboxylic acids is 1. The molecule has 0 aromatic heterocycles.